The van der Waals surface area contributed by atoms with Crippen molar-refractivity contribution in [3.63, 3.8) is 0 Å². The summed E-state index contributed by atoms with van der Waals surface area (Å²) in [5.74, 6) is 1.93. The van der Waals surface area contributed by atoms with E-state index in [2.05, 4.69) is 20.1 Å². The maximum atomic E-state index is 12.5. The molecule has 1 aliphatic rings. The number of H-pyrrole nitrogens is 1. The van der Waals surface area contributed by atoms with Crippen LogP contribution in [0, 0.1) is 6.92 Å². The van der Waals surface area contributed by atoms with Crippen LogP contribution in [0.1, 0.15) is 66.0 Å². The number of hydrogen-bond donors (Lipinski definition) is 3. The number of rotatable bonds is 6. The fourth-order valence-corrected chi connectivity index (χ4v) is 4.72. The molecule has 35 heavy (non-hydrogen) atoms. The second-order valence-electron chi connectivity index (χ2n) is 9.25. The van der Waals surface area contributed by atoms with E-state index in [0.29, 0.717) is 34.1 Å². The largest absolute Gasteiger partial charge is 0.373 e. The number of imidazole rings is 1. The normalized spacial score (nSPS) is 15.0. The van der Waals surface area contributed by atoms with Gasteiger partial charge in [0.05, 0.1) is 34.2 Å². The van der Waals surface area contributed by atoms with Crippen LogP contribution >= 0.6 is 0 Å². The highest BCUT2D eigenvalue weighted by molar-refractivity contribution is 5.88. The molecule has 0 saturated heterocycles. The summed E-state index contributed by atoms with van der Waals surface area (Å²) >= 11 is 0. The van der Waals surface area contributed by atoms with Gasteiger partial charge in [-0.1, -0.05) is 17.3 Å². The van der Waals surface area contributed by atoms with Gasteiger partial charge < -0.3 is 20.3 Å². The summed E-state index contributed by atoms with van der Waals surface area (Å²) in [6, 6.07) is 14.6. The van der Waals surface area contributed by atoms with Gasteiger partial charge in [0.15, 0.2) is 11.4 Å². The van der Waals surface area contributed by atoms with E-state index in [9.17, 15) is 5.11 Å². The zero-order chi connectivity index (χ0) is 24.2. The number of aromatic amines is 1. The van der Waals surface area contributed by atoms with Crippen LogP contribution in [-0.4, -0.2) is 30.2 Å². The molecule has 1 aromatic carbocycles. The summed E-state index contributed by atoms with van der Waals surface area (Å²) in [6.07, 6.45) is 5.55. The first-order valence-electron chi connectivity index (χ1n) is 11.8. The molecule has 1 atom stereocenters. The minimum atomic E-state index is -1.65. The molecule has 4 aromatic heterocycles. The van der Waals surface area contributed by atoms with Crippen molar-refractivity contribution in [1.82, 2.24) is 25.1 Å². The fraction of sp³-hybridized carbons (Fsp3) is 0.259. The van der Waals surface area contributed by atoms with Gasteiger partial charge in [-0.3, -0.25) is 9.97 Å². The second-order valence-corrected chi connectivity index (χ2v) is 9.25. The Kier molecular flexibility index (Phi) is 5.01. The number of fused-ring (bicyclic) bond motifs is 1. The Balaban J connectivity index is 1.69. The third-order valence-corrected chi connectivity index (χ3v) is 6.62. The first-order valence-corrected chi connectivity index (χ1v) is 11.8. The van der Waals surface area contributed by atoms with Crippen molar-refractivity contribution >= 4 is 11.0 Å². The molecule has 0 radical (unpaired) electrons. The molecule has 0 bridgehead atoms. The van der Waals surface area contributed by atoms with Crippen LogP contribution in [0.5, 0.6) is 0 Å². The molecular weight excluding hydrogens is 440 g/mol. The summed E-state index contributed by atoms with van der Waals surface area (Å²) < 4.78 is 5.58. The predicted molar refractivity (Wildman–Crippen MR) is 131 cm³/mol. The smallest absolute Gasteiger partial charge is 0.176 e. The highest BCUT2D eigenvalue weighted by atomic mass is 16.5. The Hall–Kier alpha value is -3.88. The van der Waals surface area contributed by atoms with E-state index in [4.69, 9.17) is 15.2 Å². The summed E-state index contributed by atoms with van der Waals surface area (Å²) in [5, 5.41) is 16.7. The molecule has 4 N–H and O–H groups in total. The molecule has 0 spiro atoms. The molecule has 1 fully saturated rings. The molecule has 0 amide bonds. The maximum absolute atomic E-state index is 12.5. The van der Waals surface area contributed by atoms with Gasteiger partial charge >= 0.3 is 0 Å². The lowest BCUT2D eigenvalue weighted by molar-refractivity contribution is 0.117. The van der Waals surface area contributed by atoms with E-state index in [1.165, 1.54) is 0 Å². The highest BCUT2D eigenvalue weighted by Crippen LogP contribution is 2.44. The molecule has 1 saturated carbocycles. The number of pyridine rings is 2. The molecule has 4 heterocycles. The van der Waals surface area contributed by atoms with Gasteiger partial charge in [0.25, 0.3) is 0 Å². The van der Waals surface area contributed by atoms with Crippen molar-refractivity contribution in [2.45, 2.75) is 44.2 Å². The van der Waals surface area contributed by atoms with Crippen LogP contribution in [0.2, 0.25) is 0 Å². The summed E-state index contributed by atoms with van der Waals surface area (Å²) in [4.78, 5) is 17.5. The Morgan fingerprint density at radius 3 is 2.34 bits per heavy atom. The van der Waals surface area contributed by atoms with E-state index in [-0.39, 0.29) is 6.04 Å². The standard InChI is InChI=1S/C27H26N6O2/c1-15(28)25-23(16(2)33-35-25)18-13-19(24-20(14-18)31-26(32-24)17-9-10-17)27(34,21-7-3-5-11-29-21)22-8-4-6-12-30-22/h3-8,11-15,17,34H,9-10,28H2,1-2H3,(H,31,32)/t15-/m0/s1. The average molecular weight is 467 g/mol. The zero-order valence-electron chi connectivity index (χ0n) is 19.6. The topological polar surface area (TPSA) is 127 Å². The van der Waals surface area contributed by atoms with Gasteiger partial charge in [0.2, 0.25) is 0 Å². The van der Waals surface area contributed by atoms with E-state index >= 15 is 0 Å². The maximum Gasteiger partial charge on any atom is 0.176 e. The van der Waals surface area contributed by atoms with Gasteiger partial charge in [0.1, 0.15) is 5.82 Å². The molecule has 5 aromatic rings. The van der Waals surface area contributed by atoms with E-state index in [1.54, 1.807) is 24.5 Å². The molecule has 1 aliphatic carbocycles. The van der Waals surface area contributed by atoms with Crippen LogP contribution in [0.15, 0.2) is 65.4 Å². The van der Waals surface area contributed by atoms with Crippen molar-refractivity contribution in [2.75, 3.05) is 0 Å². The van der Waals surface area contributed by atoms with Gasteiger partial charge in [-0.15, -0.1) is 0 Å². The van der Waals surface area contributed by atoms with Crippen LogP contribution in [-0.2, 0) is 5.60 Å². The molecule has 0 aliphatic heterocycles. The summed E-state index contributed by atoms with van der Waals surface area (Å²) in [5.41, 5.74) is 9.95. The van der Waals surface area contributed by atoms with Crippen molar-refractivity contribution in [2.24, 2.45) is 5.73 Å². The van der Waals surface area contributed by atoms with E-state index < -0.39 is 5.60 Å². The Labute approximate surface area is 202 Å². The van der Waals surface area contributed by atoms with Crippen LogP contribution in [0.3, 0.4) is 0 Å². The van der Waals surface area contributed by atoms with Crippen LogP contribution in [0.4, 0.5) is 0 Å². The number of aliphatic hydroxyl groups is 1. The zero-order valence-corrected chi connectivity index (χ0v) is 19.6. The third kappa shape index (κ3) is 3.53. The number of nitrogens with one attached hydrogen (secondary N) is 1. The molecule has 6 rings (SSSR count). The van der Waals surface area contributed by atoms with Crippen LogP contribution in [0.25, 0.3) is 22.2 Å². The predicted octanol–water partition coefficient (Wildman–Crippen LogP) is 4.50. The van der Waals surface area contributed by atoms with Crippen molar-refractivity contribution in [1.29, 1.82) is 0 Å². The average Bonchev–Trinajstić information content (AvgIpc) is 3.53. The van der Waals surface area contributed by atoms with Gasteiger partial charge in [-0.05, 0) is 68.7 Å². The van der Waals surface area contributed by atoms with Gasteiger partial charge in [0, 0.05) is 29.4 Å². The lowest BCUT2D eigenvalue weighted by Gasteiger charge is -2.28. The molecule has 8 heteroatoms. The lowest BCUT2D eigenvalue weighted by atomic mass is 9.83. The summed E-state index contributed by atoms with van der Waals surface area (Å²) in [6.45, 7) is 3.75. The van der Waals surface area contributed by atoms with E-state index in [1.807, 2.05) is 50.2 Å². The first-order chi connectivity index (χ1) is 17.0. The Morgan fingerprint density at radius 1 is 1.09 bits per heavy atom. The summed E-state index contributed by atoms with van der Waals surface area (Å²) in [7, 11) is 0. The Morgan fingerprint density at radius 2 is 1.77 bits per heavy atom. The van der Waals surface area contributed by atoms with Crippen molar-refractivity contribution in [3.8, 4) is 11.1 Å². The first kappa shape index (κ1) is 21.6. The number of hydrogen-bond acceptors (Lipinski definition) is 7. The third-order valence-electron chi connectivity index (χ3n) is 6.62. The highest BCUT2D eigenvalue weighted by Gasteiger charge is 2.40. The second kappa shape index (κ2) is 8.11. The van der Waals surface area contributed by atoms with E-state index in [0.717, 1.165) is 41.0 Å². The minimum absolute atomic E-state index is 0.348. The molecule has 0 unspecified atom stereocenters. The minimum Gasteiger partial charge on any atom is -0.373 e. The Bertz CT molecular complexity index is 1460. The molecular formula is C27H26N6O2. The number of benzene rings is 1. The quantitative estimate of drug-likeness (QED) is 0.336. The number of aromatic nitrogens is 5. The van der Waals surface area contributed by atoms with Gasteiger partial charge in [-0.2, -0.15) is 0 Å². The lowest BCUT2D eigenvalue weighted by Crippen LogP contribution is -2.31. The number of aryl methyl sites for hydroxylation is 1. The SMILES string of the molecule is Cc1noc([C@H](C)N)c1-c1cc(C(O)(c2ccccn2)c2ccccn2)c2nc(C3CC3)[nH]c2c1. The number of nitrogens with two attached hydrogens (primary N) is 1. The van der Waals surface area contributed by atoms with Crippen LogP contribution < -0.4 is 5.73 Å². The number of nitrogens with zero attached hydrogens (tertiary/aromatic N) is 4. The van der Waals surface area contributed by atoms with Crippen molar-refractivity contribution in [3.05, 3.63) is 95.2 Å². The molecule has 8 nitrogen and oxygen atoms in total. The fourth-order valence-electron chi connectivity index (χ4n) is 4.72. The van der Waals surface area contributed by atoms with Crippen molar-refractivity contribution < 1.29 is 9.63 Å². The molecule has 176 valence electrons. The monoisotopic (exact) mass is 466 g/mol. The van der Waals surface area contributed by atoms with Gasteiger partial charge in [-0.25, -0.2) is 4.98 Å².